The summed E-state index contributed by atoms with van der Waals surface area (Å²) >= 11 is 0. The first-order valence-electron chi connectivity index (χ1n) is 3.53. The summed E-state index contributed by atoms with van der Waals surface area (Å²) in [6.07, 6.45) is 1.74. The molecule has 74 valence electrons. The molecule has 0 atom stereocenters. The van der Waals surface area contributed by atoms with Gasteiger partial charge in [0, 0.05) is 32.2 Å². The molecule has 0 aliphatic heterocycles. The van der Waals surface area contributed by atoms with Crippen LogP contribution in [-0.4, -0.2) is 35.4 Å². The van der Waals surface area contributed by atoms with Crippen molar-refractivity contribution in [2.24, 2.45) is 0 Å². The first kappa shape index (κ1) is 16.7. The third kappa shape index (κ3) is 10.4. The number of carboxylic acid groups (broad SMARTS) is 2. The van der Waals surface area contributed by atoms with Gasteiger partial charge in [0.25, 0.3) is 0 Å². The Morgan fingerprint density at radius 2 is 1.71 bits per heavy atom. The molecule has 1 aromatic heterocycles. The smallest absolute Gasteiger partial charge is 1.00 e. The van der Waals surface area contributed by atoms with Crippen molar-refractivity contribution in [2.45, 2.75) is 0 Å². The van der Waals surface area contributed by atoms with Gasteiger partial charge in [-0.3, -0.25) is 4.98 Å². The fourth-order valence-electron chi connectivity index (χ4n) is 0.642. The molecule has 0 unspecified atom stereocenters. The van der Waals surface area contributed by atoms with Gasteiger partial charge in [-0.1, -0.05) is 0 Å². The van der Waals surface area contributed by atoms with Gasteiger partial charge >= 0.3 is 75.0 Å². The molecule has 0 saturated heterocycles. The summed E-state index contributed by atoms with van der Waals surface area (Å²) in [4.78, 5) is 14.5. The van der Waals surface area contributed by atoms with Crippen molar-refractivity contribution < 1.29 is 85.3 Å². The SMILES string of the molecule is CN(C)c1ccncc1.O=C(O)O.[Cs+].[H-]. The predicted molar refractivity (Wildman–Crippen MR) is 50.3 cm³/mol. The Morgan fingerprint density at radius 1 is 1.36 bits per heavy atom. The van der Waals surface area contributed by atoms with Crippen molar-refractivity contribution >= 4 is 11.8 Å². The van der Waals surface area contributed by atoms with E-state index in [1.165, 1.54) is 5.69 Å². The van der Waals surface area contributed by atoms with Crippen LogP contribution in [0.1, 0.15) is 1.43 Å². The number of carbonyl (C=O) groups is 1. The number of nitrogens with zero attached hydrogens (tertiary/aromatic N) is 2. The van der Waals surface area contributed by atoms with Crippen LogP contribution in [0.5, 0.6) is 0 Å². The second kappa shape index (κ2) is 9.81. The third-order valence-corrected chi connectivity index (χ3v) is 1.18. The monoisotopic (exact) mass is 318 g/mol. The molecule has 0 amide bonds. The number of hydrogen-bond donors (Lipinski definition) is 2. The molecule has 0 aliphatic rings. The molecule has 5 nitrogen and oxygen atoms in total. The third-order valence-electron chi connectivity index (χ3n) is 1.18. The molecule has 0 bridgehead atoms. The van der Waals surface area contributed by atoms with E-state index in [0.29, 0.717) is 0 Å². The Bertz CT molecular complexity index is 255. The second-order valence-electron chi connectivity index (χ2n) is 2.38. The Kier molecular flexibility index (Phi) is 11.7. The zero-order valence-electron chi connectivity index (χ0n) is 9.51. The number of pyridine rings is 1. The number of anilines is 1. The van der Waals surface area contributed by atoms with Crippen molar-refractivity contribution in [3.63, 3.8) is 0 Å². The van der Waals surface area contributed by atoms with E-state index in [-0.39, 0.29) is 70.3 Å². The van der Waals surface area contributed by atoms with Crippen LogP contribution in [0.4, 0.5) is 10.5 Å². The van der Waals surface area contributed by atoms with Gasteiger partial charge in [-0.2, -0.15) is 0 Å². The Balaban J connectivity index is -0.000000213. The normalized spacial score (nSPS) is 7.57. The molecule has 2 N–H and O–H groups in total. The van der Waals surface area contributed by atoms with Crippen molar-refractivity contribution in [2.75, 3.05) is 19.0 Å². The molecule has 1 rings (SSSR count). The van der Waals surface area contributed by atoms with Crippen LogP contribution >= 0.6 is 0 Å². The molecule has 1 heterocycles. The molecule has 0 spiro atoms. The van der Waals surface area contributed by atoms with Crippen molar-refractivity contribution in [3.8, 4) is 0 Å². The quantitative estimate of drug-likeness (QED) is 0.658. The average Bonchev–Trinajstić information content (AvgIpc) is 2.05. The molecule has 1 aromatic rings. The van der Waals surface area contributed by atoms with Crippen LogP contribution in [0.15, 0.2) is 24.5 Å². The minimum atomic E-state index is -1.83. The summed E-state index contributed by atoms with van der Waals surface area (Å²) in [5, 5.41) is 13.9. The zero-order chi connectivity index (χ0) is 10.3. The Labute approximate surface area is 143 Å². The van der Waals surface area contributed by atoms with Crippen molar-refractivity contribution in [1.82, 2.24) is 4.98 Å². The first-order valence-corrected chi connectivity index (χ1v) is 3.53. The van der Waals surface area contributed by atoms with Gasteiger partial charge in [-0.15, -0.1) is 0 Å². The van der Waals surface area contributed by atoms with E-state index in [1.54, 1.807) is 12.4 Å². The minimum Gasteiger partial charge on any atom is -1.00 e. The topological polar surface area (TPSA) is 73.7 Å². The largest absolute Gasteiger partial charge is 1.00 e. The number of hydrogen-bond acceptors (Lipinski definition) is 3. The van der Waals surface area contributed by atoms with Crippen molar-refractivity contribution in [1.29, 1.82) is 0 Å². The van der Waals surface area contributed by atoms with Gasteiger partial charge < -0.3 is 16.5 Å². The molecular weight excluding hydrogens is 305 g/mol. The average molecular weight is 318 g/mol. The van der Waals surface area contributed by atoms with Crippen LogP contribution in [0.2, 0.25) is 0 Å². The Morgan fingerprint density at radius 3 is 1.93 bits per heavy atom. The van der Waals surface area contributed by atoms with Gasteiger partial charge in [0.15, 0.2) is 0 Å². The van der Waals surface area contributed by atoms with Crippen LogP contribution in [0.25, 0.3) is 0 Å². The summed E-state index contributed by atoms with van der Waals surface area (Å²) in [5.41, 5.74) is 1.19. The van der Waals surface area contributed by atoms with Crippen molar-refractivity contribution in [3.05, 3.63) is 24.5 Å². The summed E-state index contributed by atoms with van der Waals surface area (Å²) in [7, 11) is 4.02. The second-order valence-corrected chi connectivity index (χ2v) is 2.38. The fourth-order valence-corrected chi connectivity index (χ4v) is 0.642. The molecule has 0 aromatic carbocycles. The van der Waals surface area contributed by atoms with E-state index in [2.05, 4.69) is 4.98 Å². The minimum absolute atomic E-state index is 0. The fraction of sp³-hybridized carbons (Fsp3) is 0.250. The summed E-state index contributed by atoms with van der Waals surface area (Å²) in [6.45, 7) is 0. The van der Waals surface area contributed by atoms with E-state index in [1.807, 2.05) is 31.1 Å². The van der Waals surface area contributed by atoms with Crippen LogP contribution < -0.4 is 73.8 Å². The predicted octanol–water partition coefficient (Wildman–Crippen LogP) is -1.51. The van der Waals surface area contributed by atoms with E-state index in [4.69, 9.17) is 15.0 Å². The maximum atomic E-state index is 8.56. The maximum absolute atomic E-state index is 8.56. The van der Waals surface area contributed by atoms with Crippen LogP contribution in [-0.2, 0) is 0 Å². The van der Waals surface area contributed by atoms with E-state index in [9.17, 15) is 0 Å². The van der Waals surface area contributed by atoms with Gasteiger partial charge in [0.1, 0.15) is 0 Å². The standard InChI is InChI=1S/C7H10N2.CH2O3.Cs.H/c1-9(2)7-3-5-8-6-4-7;2-1(3)4;;/h3-6H,1-2H3;(H2,2,3,4);;/q;;+1;-1. The summed E-state index contributed by atoms with van der Waals surface area (Å²) < 4.78 is 0. The first-order chi connectivity index (χ1) is 6.04. The van der Waals surface area contributed by atoms with E-state index < -0.39 is 6.16 Å². The van der Waals surface area contributed by atoms with E-state index >= 15 is 0 Å². The summed E-state index contributed by atoms with van der Waals surface area (Å²) in [6, 6.07) is 3.94. The van der Waals surface area contributed by atoms with Crippen LogP contribution in [0, 0.1) is 0 Å². The molecule has 0 radical (unpaired) electrons. The van der Waals surface area contributed by atoms with Gasteiger partial charge in [0.05, 0.1) is 0 Å². The maximum Gasteiger partial charge on any atom is 1.00 e. The van der Waals surface area contributed by atoms with Gasteiger partial charge in [-0.25, -0.2) is 4.79 Å². The molecule has 0 saturated carbocycles. The Hall–Kier alpha value is 0.272. The van der Waals surface area contributed by atoms with E-state index in [0.717, 1.165) is 0 Å². The molecule has 6 heteroatoms. The molecule has 14 heavy (non-hydrogen) atoms. The van der Waals surface area contributed by atoms with Gasteiger partial charge in [0.2, 0.25) is 0 Å². The molecular formula is C8H13CsN2O3. The van der Waals surface area contributed by atoms with Gasteiger partial charge in [-0.05, 0) is 12.1 Å². The molecule has 0 fully saturated rings. The molecule has 0 aliphatic carbocycles. The summed E-state index contributed by atoms with van der Waals surface area (Å²) in [5.74, 6) is 0. The zero-order valence-corrected chi connectivity index (χ0v) is 14.8. The number of aromatic nitrogens is 1. The van der Waals surface area contributed by atoms with Crippen LogP contribution in [0.3, 0.4) is 0 Å². The number of rotatable bonds is 1.